The lowest BCUT2D eigenvalue weighted by molar-refractivity contribution is 0.183. The van der Waals surface area contributed by atoms with E-state index in [1.807, 2.05) is 6.92 Å². The van der Waals surface area contributed by atoms with Crippen LogP contribution in [-0.2, 0) is 4.74 Å². The van der Waals surface area contributed by atoms with Crippen molar-refractivity contribution in [1.82, 2.24) is 9.97 Å². The normalized spacial score (nSPS) is 12.3. The summed E-state index contributed by atoms with van der Waals surface area (Å²) in [7, 11) is 3.32. The molecule has 1 atom stereocenters. The maximum atomic E-state index is 13.5. The van der Waals surface area contributed by atoms with Crippen LogP contribution in [0.25, 0.3) is 0 Å². The van der Waals surface area contributed by atoms with Crippen molar-refractivity contribution in [2.24, 2.45) is 5.84 Å². The molecule has 1 heterocycles. The first kappa shape index (κ1) is 12.6. The van der Waals surface area contributed by atoms with Gasteiger partial charge in [0.05, 0.1) is 18.8 Å². The van der Waals surface area contributed by atoms with Gasteiger partial charge >= 0.3 is 0 Å². The average Bonchev–Trinajstić information content (AvgIpc) is 2.29. The van der Waals surface area contributed by atoms with Crippen LogP contribution in [0.4, 0.5) is 16.2 Å². The van der Waals surface area contributed by atoms with Gasteiger partial charge in [-0.25, -0.2) is 15.2 Å². The maximum Gasteiger partial charge on any atom is 0.239 e. The maximum absolute atomic E-state index is 13.5. The Bertz CT molecular complexity index is 349. The zero-order valence-electron chi connectivity index (χ0n) is 9.57. The van der Waals surface area contributed by atoms with Crippen LogP contribution in [0.15, 0.2) is 6.20 Å². The number of hydrazine groups is 1. The molecule has 1 unspecified atom stereocenters. The number of aromatic nitrogens is 2. The summed E-state index contributed by atoms with van der Waals surface area (Å²) in [5.41, 5.74) is 2.27. The smallest absolute Gasteiger partial charge is 0.239 e. The molecule has 1 aromatic rings. The molecule has 0 aliphatic carbocycles. The van der Waals surface area contributed by atoms with Crippen LogP contribution in [0, 0.1) is 5.82 Å². The summed E-state index contributed by atoms with van der Waals surface area (Å²) < 4.78 is 18.5. The van der Waals surface area contributed by atoms with Crippen molar-refractivity contribution >= 4 is 11.8 Å². The van der Waals surface area contributed by atoms with Gasteiger partial charge < -0.3 is 9.64 Å². The fourth-order valence-corrected chi connectivity index (χ4v) is 1.24. The van der Waals surface area contributed by atoms with Crippen molar-refractivity contribution in [3.63, 3.8) is 0 Å². The number of hydrogen-bond donors (Lipinski definition) is 2. The molecule has 0 amide bonds. The third-order valence-electron chi connectivity index (χ3n) is 2.26. The van der Waals surface area contributed by atoms with E-state index >= 15 is 0 Å². The Morgan fingerprint density at radius 2 is 2.38 bits per heavy atom. The quantitative estimate of drug-likeness (QED) is 0.561. The molecule has 0 radical (unpaired) electrons. The summed E-state index contributed by atoms with van der Waals surface area (Å²) >= 11 is 0. The van der Waals surface area contributed by atoms with Gasteiger partial charge in [-0.05, 0) is 6.92 Å². The highest BCUT2D eigenvalue weighted by Gasteiger charge is 2.16. The Balaban J connectivity index is 2.92. The van der Waals surface area contributed by atoms with E-state index in [-0.39, 0.29) is 17.8 Å². The van der Waals surface area contributed by atoms with E-state index in [1.54, 1.807) is 19.1 Å². The lowest BCUT2D eigenvalue weighted by Gasteiger charge is -2.25. The Hall–Kier alpha value is -1.47. The number of hydrogen-bond acceptors (Lipinski definition) is 6. The Labute approximate surface area is 93.6 Å². The lowest BCUT2D eigenvalue weighted by atomic mass is 10.3. The van der Waals surface area contributed by atoms with Crippen molar-refractivity contribution in [2.75, 3.05) is 31.1 Å². The minimum Gasteiger partial charge on any atom is -0.383 e. The third kappa shape index (κ3) is 2.77. The summed E-state index contributed by atoms with van der Waals surface area (Å²) in [6, 6.07) is 0.0000227. The number of methoxy groups -OCH3 is 1. The molecule has 0 saturated heterocycles. The number of ether oxygens (including phenoxy) is 1. The molecule has 0 bridgehead atoms. The van der Waals surface area contributed by atoms with Gasteiger partial charge in [-0.2, -0.15) is 4.98 Å². The molecule has 0 spiro atoms. The van der Waals surface area contributed by atoms with Gasteiger partial charge in [0.1, 0.15) is 0 Å². The molecule has 90 valence electrons. The third-order valence-corrected chi connectivity index (χ3v) is 2.26. The number of likely N-dealkylation sites (N-methyl/N-ethyl adjacent to an activating group) is 1. The molecule has 3 N–H and O–H groups in total. The van der Waals surface area contributed by atoms with E-state index in [9.17, 15) is 4.39 Å². The predicted molar refractivity (Wildman–Crippen MR) is 59.5 cm³/mol. The second-order valence-corrected chi connectivity index (χ2v) is 3.42. The topological polar surface area (TPSA) is 76.3 Å². The van der Waals surface area contributed by atoms with Crippen LogP contribution >= 0.6 is 0 Å². The number of rotatable bonds is 5. The fourth-order valence-electron chi connectivity index (χ4n) is 1.24. The second-order valence-electron chi connectivity index (χ2n) is 3.42. The van der Waals surface area contributed by atoms with Crippen LogP contribution in [-0.4, -0.2) is 36.8 Å². The zero-order chi connectivity index (χ0) is 12.1. The van der Waals surface area contributed by atoms with Crippen molar-refractivity contribution < 1.29 is 9.13 Å². The monoisotopic (exact) mass is 229 g/mol. The number of halogens is 1. The van der Waals surface area contributed by atoms with E-state index in [4.69, 9.17) is 10.6 Å². The summed E-state index contributed by atoms with van der Waals surface area (Å²) in [5, 5.41) is 0. The van der Waals surface area contributed by atoms with E-state index in [2.05, 4.69) is 15.4 Å². The van der Waals surface area contributed by atoms with Crippen molar-refractivity contribution in [1.29, 1.82) is 0 Å². The highest BCUT2D eigenvalue weighted by atomic mass is 19.1. The molecule has 16 heavy (non-hydrogen) atoms. The standard InChI is InChI=1S/C9H16FN5O/c1-6(5-16-3)15(2)8-7(10)4-12-9(13-8)14-11/h4,6H,5,11H2,1-3H3,(H,12,13,14). The van der Waals surface area contributed by atoms with Crippen LogP contribution in [0.3, 0.4) is 0 Å². The SMILES string of the molecule is COCC(C)N(C)c1nc(NN)ncc1F. The second kappa shape index (κ2) is 5.57. The van der Waals surface area contributed by atoms with Crippen LogP contribution in [0.5, 0.6) is 0 Å². The predicted octanol–water partition coefficient (Wildman–Crippen LogP) is 0.372. The Morgan fingerprint density at radius 3 is 2.94 bits per heavy atom. The van der Waals surface area contributed by atoms with Crippen molar-refractivity contribution in [2.45, 2.75) is 13.0 Å². The number of nitrogens with zero attached hydrogens (tertiary/aromatic N) is 3. The first-order chi connectivity index (χ1) is 7.60. The molecule has 0 aliphatic heterocycles. The minimum atomic E-state index is -0.496. The van der Waals surface area contributed by atoms with E-state index < -0.39 is 5.82 Å². The van der Waals surface area contributed by atoms with E-state index in [1.165, 1.54) is 0 Å². The molecule has 0 saturated carbocycles. The van der Waals surface area contributed by atoms with Crippen molar-refractivity contribution in [3.8, 4) is 0 Å². The van der Waals surface area contributed by atoms with E-state index in [0.29, 0.717) is 6.61 Å². The number of nitrogens with one attached hydrogen (secondary N) is 1. The highest BCUT2D eigenvalue weighted by Crippen LogP contribution is 2.17. The molecular weight excluding hydrogens is 213 g/mol. The lowest BCUT2D eigenvalue weighted by Crippen LogP contribution is -2.34. The van der Waals surface area contributed by atoms with Gasteiger partial charge in [-0.3, -0.25) is 5.43 Å². The number of nitrogen functional groups attached to an aromatic ring is 1. The molecule has 1 rings (SSSR count). The molecule has 0 fully saturated rings. The van der Waals surface area contributed by atoms with E-state index in [0.717, 1.165) is 6.20 Å². The largest absolute Gasteiger partial charge is 0.383 e. The minimum absolute atomic E-state index is 0.0000227. The van der Waals surface area contributed by atoms with Gasteiger partial charge in [0.2, 0.25) is 5.95 Å². The summed E-state index contributed by atoms with van der Waals surface area (Å²) in [5.74, 6) is 5.03. The van der Waals surface area contributed by atoms with Crippen LogP contribution in [0.2, 0.25) is 0 Å². The van der Waals surface area contributed by atoms with Crippen LogP contribution < -0.4 is 16.2 Å². The first-order valence-corrected chi connectivity index (χ1v) is 4.81. The number of anilines is 2. The zero-order valence-corrected chi connectivity index (χ0v) is 9.57. The summed E-state index contributed by atoms with van der Waals surface area (Å²) in [6.45, 7) is 2.38. The highest BCUT2D eigenvalue weighted by molar-refractivity contribution is 5.43. The van der Waals surface area contributed by atoms with Crippen molar-refractivity contribution in [3.05, 3.63) is 12.0 Å². The van der Waals surface area contributed by atoms with Gasteiger partial charge in [-0.15, -0.1) is 0 Å². The van der Waals surface area contributed by atoms with Gasteiger partial charge in [-0.1, -0.05) is 0 Å². The molecule has 7 heteroatoms. The fraction of sp³-hybridized carbons (Fsp3) is 0.556. The Kier molecular flexibility index (Phi) is 4.39. The molecule has 6 nitrogen and oxygen atoms in total. The molecule has 1 aromatic heterocycles. The summed E-state index contributed by atoms with van der Waals surface area (Å²) in [4.78, 5) is 9.28. The van der Waals surface area contributed by atoms with Gasteiger partial charge in [0, 0.05) is 14.2 Å². The van der Waals surface area contributed by atoms with Gasteiger partial charge in [0.15, 0.2) is 11.6 Å². The summed E-state index contributed by atoms with van der Waals surface area (Å²) in [6.07, 6.45) is 1.08. The number of nitrogens with two attached hydrogens (primary N) is 1. The van der Waals surface area contributed by atoms with Gasteiger partial charge in [0.25, 0.3) is 0 Å². The molecule has 0 aromatic carbocycles. The van der Waals surface area contributed by atoms with Crippen LogP contribution in [0.1, 0.15) is 6.92 Å². The first-order valence-electron chi connectivity index (χ1n) is 4.81. The molecular formula is C9H16FN5O. The molecule has 0 aliphatic rings. The Morgan fingerprint density at radius 1 is 1.69 bits per heavy atom. The average molecular weight is 229 g/mol.